The normalized spacial score (nSPS) is 15.6. The highest BCUT2D eigenvalue weighted by Crippen LogP contribution is 2.39. The summed E-state index contributed by atoms with van der Waals surface area (Å²) < 4.78 is 11.6. The Bertz CT molecular complexity index is 1120. The zero-order valence-electron chi connectivity index (χ0n) is 18.9. The van der Waals surface area contributed by atoms with Crippen molar-refractivity contribution in [2.75, 3.05) is 25.1 Å². The van der Waals surface area contributed by atoms with Crippen LogP contribution in [0.2, 0.25) is 0 Å². The zero-order chi connectivity index (χ0) is 22.7. The third-order valence-electron chi connectivity index (χ3n) is 5.91. The van der Waals surface area contributed by atoms with E-state index in [4.69, 9.17) is 9.47 Å². The first-order chi connectivity index (χ1) is 15.5. The molecule has 1 heterocycles. The Labute approximate surface area is 200 Å². The van der Waals surface area contributed by atoms with Crippen LogP contribution < -0.4 is 19.7 Å². The second-order valence-corrected chi connectivity index (χ2v) is 7.98. The van der Waals surface area contributed by atoms with Crippen molar-refractivity contribution in [1.82, 2.24) is 5.32 Å². The molecule has 0 radical (unpaired) electrons. The number of halogens is 1. The molecule has 4 rings (SSSR count). The summed E-state index contributed by atoms with van der Waals surface area (Å²) in [6.07, 6.45) is -0.106. The van der Waals surface area contributed by atoms with Crippen molar-refractivity contribution >= 4 is 29.8 Å². The lowest BCUT2D eigenvalue weighted by Crippen LogP contribution is -2.44. The van der Waals surface area contributed by atoms with Gasteiger partial charge in [-0.3, -0.25) is 0 Å². The molecule has 0 amide bonds. The Morgan fingerprint density at radius 2 is 1.88 bits per heavy atom. The maximum Gasteiger partial charge on any atom is 0.336 e. The fraction of sp³-hybridized carbons (Fsp3) is 0.269. The van der Waals surface area contributed by atoms with E-state index < -0.39 is 5.97 Å². The van der Waals surface area contributed by atoms with E-state index >= 15 is 0 Å². The highest BCUT2D eigenvalue weighted by molar-refractivity contribution is 5.92. The van der Waals surface area contributed by atoms with Gasteiger partial charge in [0, 0.05) is 18.3 Å². The van der Waals surface area contributed by atoms with E-state index in [-0.39, 0.29) is 24.6 Å². The Balaban J connectivity index is 0.00000306. The number of rotatable bonds is 7. The molecule has 7 heteroatoms. The summed E-state index contributed by atoms with van der Waals surface area (Å²) in [5, 5.41) is 13.1. The Morgan fingerprint density at radius 3 is 2.64 bits per heavy atom. The van der Waals surface area contributed by atoms with Gasteiger partial charge in [0.1, 0.15) is 17.6 Å². The van der Waals surface area contributed by atoms with Gasteiger partial charge in [-0.25, -0.2) is 4.79 Å². The molecule has 2 N–H and O–H groups in total. The number of nitrogens with one attached hydrogen (secondary N) is 1. The van der Waals surface area contributed by atoms with Crippen molar-refractivity contribution in [2.24, 2.45) is 0 Å². The quantitative estimate of drug-likeness (QED) is 0.485. The lowest BCUT2D eigenvalue weighted by Gasteiger charge is -2.37. The molecular formula is C26H29ClN2O4. The largest absolute Gasteiger partial charge is 0.497 e. The first kappa shape index (κ1) is 24.4. The fourth-order valence-corrected chi connectivity index (χ4v) is 4.12. The van der Waals surface area contributed by atoms with Crippen molar-refractivity contribution in [1.29, 1.82) is 0 Å². The molecule has 174 valence electrons. The number of nitrogens with zero attached hydrogens (tertiary/aromatic N) is 1. The number of hydrogen-bond acceptors (Lipinski definition) is 5. The van der Waals surface area contributed by atoms with Gasteiger partial charge in [-0.1, -0.05) is 30.3 Å². The van der Waals surface area contributed by atoms with Crippen LogP contribution in [0.15, 0.2) is 66.7 Å². The number of hydrogen-bond donors (Lipinski definition) is 2. The molecule has 1 aliphatic rings. The standard InChI is InChI=1S/C26H28N2O4.ClH/c1-17-22(26(29)30)10-7-12-23(17)28-16-21(32-25-13-5-4-11-24(25)28)15-27-18(2)19-8-6-9-20(14-19)31-3;/h4-14,18,21,27H,15-16H2,1-3H3,(H,29,30);1H/t18-,21?;/m1./s1. The van der Waals surface area contributed by atoms with Crippen LogP contribution in [0.25, 0.3) is 0 Å². The zero-order valence-corrected chi connectivity index (χ0v) is 19.8. The minimum atomic E-state index is -0.920. The highest BCUT2D eigenvalue weighted by atomic mass is 35.5. The second kappa shape index (κ2) is 10.6. The molecule has 0 saturated heterocycles. The molecule has 3 aromatic carbocycles. The Morgan fingerprint density at radius 1 is 1.15 bits per heavy atom. The van der Waals surface area contributed by atoms with Gasteiger partial charge in [-0.15, -0.1) is 12.4 Å². The molecule has 0 aromatic heterocycles. The first-order valence-corrected chi connectivity index (χ1v) is 10.7. The monoisotopic (exact) mass is 468 g/mol. The molecule has 6 nitrogen and oxygen atoms in total. The number of para-hydroxylation sites is 2. The summed E-state index contributed by atoms with van der Waals surface area (Å²) in [5.74, 6) is 0.704. The summed E-state index contributed by atoms with van der Waals surface area (Å²) >= 11 is 0. The summed E-state index contributed by atoms with van der Waals surface area (Å²) in [5.41, 5.74) is 4.02. The van der Waals surface area contributed by atoms with Crippen molar-refractivity contribution < 1.29 is 19.4 Å². The third-order valence-corrected chi connectivity index (χ3v) is 5.91. The summed E-state index contributed by atoms with van der Waals surface area (Å²) in [6, 6.07) is 21.4. The van der Waals surface area contributed by atoms with Crippen molar-refractivity contribution in [2.45, 2.75) is 26.0 Å². The van der Waals surface area contributed by atoms with Crippen molar-refractivity contribution in [3.63, 3.8) is 0 Å². The molecule has 0 fully saturated rings. The highest BCUT2D eigenvalue weighted by Gasteiger charge is 2.28. The van der Waals surface area contributed by atoms with Crippen LogP contribution in [-0.4, -0.2) is 37.4 Å². The maximum absolute atomic E-state index is 11.7. The van der Waals surface area contributed by atoms with Crippen molar-refractivity contribution in [3.05, 3.63) is 83.4 Å². The number of aromatic carboxylic acids is 1. The Hall–Kier alpha value is -3.22. The van der Waals surface area contributed by atoms with Crippen LogP contribution in [0.1, 0.15) is 34.5 Å². The van der Waals surface area contributed by atoms with Gasteiger partial charge in [0.25, 0.3) is 0 Å². The summed E-state index contributed by atoms with van der Waals surface area (Å²) in [6.45, 7) is 5.22. The van der Waals surface area contributed by atoms with E-state index in [1.165, 1.54) is 0 Å². The number of carbonyl (C=O) groups is 1. The molecule has 0 aliphatic carbocycles. The minimum absolute atomic E-state index is 0. The molecule has 0 saturated carbocycles. The number of fused-ring (bicyclic) bond motifs is 1. The second-order valence-electron chi connectivity index (χ2n) is 7.98. The summed E-state index contributed by atoms with van der Waals surface area (Å²) in [7, 11) is 1.67. The number of ether oxygens (including phenoxy) is 2. The lowest BCUT2D eigenvalue weighted by atomic mass is 10.0. The van der Waals surface area contributed by atoms with E-state index in [2.05, 4.69) is 23.2 Å². The molecular weight excluding hydrogens is 440 g/mol. The number of benzene rings is 3. The van der Waals surface area contributed by atoms with Crippen LogP contribution >= 0.6 is 12.4 Å². The van der Waals surface area contributed by atoms with E-state index in [0.29, 0.717) is 18.7 Å². The lowest BCUT2D eigenvalue weighted by molar-refractivity contribution is 0.0696. The molecule has 33 heavy (non-hydrogen) atoms. The Kier molecular flexibility index (Phi) is 7.84. The molecule has 3 aromatic rings. The van der Waals surface area contributed by atoms with Gasteiger partial charge in [0.2, 0.25) is 0 Å². The van der Waals surface area contributed by atoms with Gasteiger partial charge >= 0.3 is 5.97 Å². The predicted octanol–water partition coefficient (Wildman–Crippen LogP) is 5.37. The first-order valence-electron chi connectivity index (χ1n) is 10.7. The predicted molar refractivity (Wildman–Crippen MR) is 133 cm³/mol. The van der Waals surface area contributed by atoms with E-state index in [1.807, 2.05) is 55.5 Å². The average Bonchev–Trinajstić information content (AvgIpc) is 2.82. The molecule has 0 bridgehead atoms. The molecule has 0 spiro atoms. The van der Waals surface area contributed by atoms with Crippen LogP contribution in [-0.2, 0) is 0 Å². The van der Waals surface area contributed by atoms with Gasteiger partial charge in [0.05, 0.1) is 24.9 Å². The molecule has 1 unspecified atom stereocenters. The van der Waals surface area contributed by atoms with Gasteiger partial charge in [0.15, 0.2) is 0 Å². The van der Waals surface area contributed by atoms with E-state index in [0.717, 1.165) is 34.0 Å². The number of anilines is 2. The van der Waals surface area contributed by atoms with Gasteiger partial charge < -0.3 is 24.8 Å². The van der Waals surface area contributed by atoms with Gasteiger partial charge in [-0.05, 0) is 61.4 Å². The van der Waals surface area contributed by atoms with Crippen LogP contribution in [0.4, 0.5) is 11.4 Å². The smallest absolute Gasteiger partial charge is 0.336 e. The SMILES string of the molecule is COc1cccc([C@@H](C)NCC2CN(c3cccc(C(=O)O)c3C)c3ccccc3O2)c1.Cl. The van der Waals surface area contributed by atoms with E-state index in [1.54, 1.807) is 19.2 Å². The average molecular weight is 469 g/mol. The fourth-order valence-electron chi connectivity index (χ4n) is 4.12. The van der Waals surface area contributed by atoms with Crippen LogP contribution in [0, 0.1) is 6.92 Å². The molecule has 1 aliphatic heterocycles. The van der Waals surface area contributed by atoms with Crippen LogP contribution in [0.5, 0.6) is 11.5 Å². The molecule has 2 atom stereocenters. The third kappa shape index (κ3) is 5.24. The maximum atomic E-state index is 11.7. The minimum Gasteiger partial charge on any atom is -0.497 e. The number of carboxylic acids is 1. The van der Waals surface area contributed by atoms with E-state index in [9.17, 15) is 9.90 Å². The topological polar surface area (TPSA) is 71.0 Å². The van der Waals surface area contributed by atoms with Crippen LogP contribution in [0.3, 0.4) is 0 Å². The van der Waals surface area contributed by atoms with Gasteiger partial charge in [-0.2, -0.15) is 0 Å². The number of carboxylic acid groups (broad SMARTS) is 1. The van der Waals surface area contributed by atoms with Crippen molar-refractivity contribution in [3.8, 4) is 11.5 Å². The number of methoxy groups -OCH3 is 1. The summed E-state index contributed by atoms with van der Waals surface area (Å²) in [4.78, 5) is 13.8.